The van der Waals surface area contributed by atoms with Crippen molar-refractivity contribution < 1.29 is 23.9 Å². The SMILES string of the molecule is C[C@@H]1CC(=O)Nc2ccccc2N1C(=O)COC(=O)c1cccc[n+]1[O-]. The van der Waals surface area contributed by atoms with Gasteiger partial charge in [0.15, 0.2) is 12.8 Å². The molecular formula is C18H17N3O5. The highest BCUT2D eigenvalue weighted by atomic mass is 16.5. The van der Waals surface area contributed by atoms with Gasteiger partial charge in [-0.1, -0.05) is 12.1 Å². The normalized spacial score (nSPS) is 16.3. The molecule has 1 aromatic carbocycles. The van der Waals surface area contributed by atoms with Crippen molar-refractivity contribution >= 4 is 29.2 Å². The maximum atomic E-state index is 12.7. The molecule has 0 fully saturated rings. The number of carbonyl (C=O) groups is 3. The molecule has 0 saturated carbocycles. The molecular weight excluding hydrogens is 338 g/mol. The van der Waals surface area contributed by atoms with E-state index in [9.17, 15) is 19.6 Å². The Labute approximate surface area is 149 Å². The van der Waals surface area contributed by atoms with Gasteiger partial charge in [0.05, 0.1) is 11.4 Å². The number of esters is 1. The average Bonchev–Trinajstić information content (AvgIpc) is 2.74. The van der Waals surface area contributed by atoms with Crippen LogP contribution >= 0.6 is 0 Å². The van der Waals surface area contributed by atoms with E-state index in [1.807, 2.05) is 0 Å². The minimum atomic E-state index is -0.890. The van der Waals surface area contributed by atoms with Gasteiger partial charge in [0.1, 0.15) is 0 Å². The van der Waals surface area contributed by atoms with E-state index in [1.165, 1.54) is 29.3 Å². The number of rotatable bonds is 3. The molecule has 0 radical (unpaired) electrons. The van der Waals surface area contributed by atoms with Gasteiger partial charge in [-0.3, -0.25) is 9.59 Å². The van der Waals surface area contributed by atoms with Gasteiger partial charge in [0, 0.05) is 24.6 Å². The Hall–Kier alpha value is -3.42. The Kier molecular flexibility index (Phi) is 4.83. The summed E-state index contributed by atoms with van der Waals surface area (Å²) in [5.41, 5.74) is 0.842. The second kappa shape index (κ2) is 7.22. The van der Waals surface area contributed by atoms with Crippen LogP contribution in [0, 0.1) is 5.21 Å². The number of aromatic nitrogens is 1. The van der Waals surface area contributed by atoms with Crippen molar-refractivity contribution in [3.05, 3.63) is 59.6 Å². The number of benzene rings is 1. The highest BCUT2D eigenvalue weighted by molar-refractivity contribution is 6.05. The van der Waals surface area contributed by atoms with Crippen LogP contribution in [0.2, 0.25) is 0 Å². The molecule has 0 aliphatic carbocycles. The van der Waals surface area contributed by atoms with Crippen molar-refractivity contribution in [2.45, 2.75) is 19.4 Å². The molecule has 1 N–H and O–H groups in total. The lowest BCUT2D eigenvalue weighted by Crippen LogP contribution is -2.42. The summed E-state index contributed by atoms with van der Waals surface area (Å²) in [5, 5.41) is 14.3. The van der Waals surface area contributed by atoms with Gasteiger partial charge in [0.2, 0.25) is 5.91 Å². The molecule has 134 valence electrons. The smallest absolute Gasteiger partial charge is 0.405 e. The maximum absolute atomic E-state index is 12.7. The first-order valence-electron chi connectivity index (χ1n) is 8.03. The number of anilines is 2. The summed E-state index contributed by atoms with van der Waals surface area (Å²) >= 11 is 0. The fourth-order valence-electron chi connectivity index (χ4n) is 2.82. The summed E-state index contributed by atoms with van der Waals surface area (Å²) < 4.78 is 5.37. The topological polar surface area (TPSA) is 103 Å². The monoisotopic (exact) mass is 355 g/mol. The first-order valence-corrected chi connectivity index (χ1v) is 8.03. The number of ether oxygens (including phenoxy) is 1. The van der Waals surface area contributed by atoms with Gasteiger partial charge >= 0.3 is 11.7 Å². The number of amides is 2. The van der Waals surface area contributed by atoms with Crippen LogP contribution in [0.5, 0.6) is 0 Å². The van der Waals surface area contributed by atoms with Crippen LogP contribution in [0.25, 0.3) is 0 Å². The standard InChI is InChI=1S/C18H17N3O5/c1-12-10-16(22)19-13-6-2-3-7-14(13)21(12)17(23)11-26-18(24)15-8-4-5-9-20(15)25/h2-9,12H,10-11H2,1H3,(H,19,22)/t12-/m1/s1. The van der Waals surface area contributed by atoms with Crippen molar-refractivity contribution in [3.63, 3.8) is 0 Å². The van der Waals surface area contributed by atoms with E-state index in [-0.39, 0.29) is 18.0 Å². The van der Waals surface area contributed by atoms with Gasteiger partial charge in [-0.25, -0.2) is 4.79 Å². The largest absolute Gasteiger partial charge is 0.618 e. The van der Waals surface area contributed by atoms with Crippen LogP contribution in [0.3, 0.4) is 0 Å². The number of nitrogens with zero attached hydrogens (tertiary/aromatic N) is 2. The van der Waals surface area contributed by atoms with Gasteiger partial charge in [0.25, 0.3) is 5.91 Å². The zero-order valence-corrected chi connectivity index (χ0v) is 14.0. The predicted octanol–water partition coefficient (Wildman–Crippen LogP) is 1.24. The van der Waals surface area contributed by atoms with Crippen LogP contribution in [0.4, 0.5) is 11.4 Å². The zero-order valence-electron chi connectivity index (χ0n) is 14.0. The lowest BCUT2D eigenvalue weighted by atomic mass is 10.1. The number of hydrogen-bond acceptors (Lipinski definition) is 5. The maximum Gasteiger partial charge on any atom is 0.405 e. The third kappa shape index (κ3) is 3.49. The number of para-hydroxylation sites is 2. The van der Waals surface area contributed by atoms with E-state index < -0.39 is 24.5 Å². The molecule has 1 aliphatic rings. The van der Waals surface area contributed by atoms with Crippen molar-refractivity contribution in [2.75, 3.05) is 16.8 Å². The van der Waals surface area contributed by atoms with E-state index in [0.29, 0.717) is 16.1 Å². The molecule has 2 heterocycles. The summed E-state index contributed by atoms with van der Waals surface area (Å²) in [7, 11) is 0. The van der Waals surface area contributed by atoms with Gasteiger partial charge in [-0.15, -0.1) is 0 Å². The molecule has 8 heteroatoms. The summed E-state index contributed by atoms with van der Waals surface area (Å²) in [6.07, 6.45) is 1.29. The molecule has 26 heavy (non-hydrogen) atoms. The molecule has 1 aliphatic heterocycles. The lowest BCUT2D eigenvalue weighted by Gasteiger charge is -2.27. The van der Waals surface area contributed by atoms with Gasteiger partial charge < -0.3 is 20.2 Å². The fraction of sp³-hybridized carbons (Fsp3) is 0.222. The van der Waals surface area contributed by atoms with Crippen LogP contribution in [-0.2, 0) is 14.3 Å². The Morgan fingerprint density at radius 3 is 2.77 bits per heavy atom. The number of hydrogen-bond donors (Lipinski definition) is 1. The Bertz CT molecular complexity index is 867. The summed E-state index contributed by atoms with van der Waals surface area (Å²) in [4.78, 5) is 38.1. The lowest BCUT2D eigenvalue weighted by molar-refractivity contribution is -0.608. The van der Waals surface area contributed by atoms with Crippen LogP contribution < -0.4 is 14.9 Å². The first kappa shape index (κ1) is 17.4. The summed E-state index contributed by atoms with van der Waals surface area (Å²) in [6, 6.07) is 10.8. The first-order chi connectivity index (χ1) is 12.5. The highest BCUT2D eigenvalue weighted by Crippen LogP contribution is 2.31. The van der Waals surface area contributed by atoms with Crippen LogP contribution in [0.15, 0.2) is 48.7 Å². The van der Waals surface area contributed by atoms with E-state index >= 15 is 0 Å². The van der Waals surface area contributed by atoms with E-state index in [0.717, 1.165) is 0 Å². The molecule has 0 bridgehead atoms. The van der Waals surface area contributed by atoms with Gasteiger partial charge in [-0.05, 0) is 25.1 Å². The molecule has 8 nitrogen and oxygen atoms in total. The summed E-state index contributed by atoms with van der Waals surface area (Å²) in [6.45, 7) is 1.20. The molecule has 1 atom stereocenters. The van der Waals surface area contributed by atoms with Crippen LogP contribution in [0.1, 0.15) is 23.8 Å². The third-order valence-corrected chi connectivity index (χ3v) is 3.99. The van der Waals surface area contributed by atoms with E-state index in [4.69, 9.17) is 4.74 Å². The van der Waals surface area contributed by atoms with Crippen molar-refractivity contribution in [1.29, 1.82) is 0 Å². The number of nitrogens with one attached hydrogen (secondary N) is 1. The molecule has 0 saturated heterocycles. The molecule has 2 amide bonds. The van der Waals surface area contributed by atoms with Crippen molar-refractivity contribution in [3.8, 4) is 0 Å². The van der Waals surface area contributed by atoms with Gasteiger partial charge in [-0.2, -0.15) is 4.73 Å². The number of fused-ring (bicyclic) bond motifs is 1. The zero-order chi connectivity index (χ0) is 18.7. The number of pyridine rings is 1. The van der Waals surface area contributed by atoms with Crippen LogP contribution in [-0.4, -0.2) is 30.4 Å². The minimum absolute atomic E-state index is 0.119. The van der Waals surface area contributed by atoms with Crippen molar-refractivity contribution in [2.24, 2.45) is 0 Å². The third-order valence-electron chi connectivity index (χ3n) is 3.99. The summed E-state index contributed by atoms with van der Waals surface area (Å²) in [5.74, 6) is -1.57. The van der Waals surface area contributed by atoms with E-state index in [1.54, 1.807) is 31.2 Å². The Morgan fingerprint density at radius 2 is 2.00 bits per heavy atom. The Balaban J connectivity index is 1.77. The molecule has 3 rings (SSSR count). The molecule has 0 spiro atoms. The fourth-order valence-corrected chi connectivity index (χ4v) is 2.82. The second-order valence-corrected chi connectivity index (χ2v) is 5.87. The Morgan fingerprint density at radius 1 is 1.27 bits per heavy atom. The number of carbonyl (C=O) groups excluding carboxylic acids is 3. The molecule has 2 aromatic rings. The van der Waals surface area contributed by atoms with Crippen molar-refractivity contribution in [1.82, 2.24) is 0 Å². The predicted molar refractivity (Wildman–Crippen MR) is 92.3 cm³/mol. The quantitative estimate of drug-likeness (QED) is 0.507. The second-order valence-electron chi connectivity index (χ2n) is 5.87. The van der Waals surface area contributed by atoms with E-state index in [2.05, 4.69) is 5.32 Å². The molecule has 1 aromatic heterocycles. The average molecular weight is 355 g/mol. The minimum Gasteiger partial charge on any atom is -0.618 e. The highest BCUT2D eigenvalue weighted by Gasteiger charge is 2.30. The molecule has 0 unspecified atom stereocenters.